The largest absolute Gasteiger partial charge is 0.456 e. The van der Waals surface area contributed by atoms with Crippen molar-refractivity contribution in [1.82, 2.24) is 9.97 Å². The highest BCUT2D eigenvalue weighted by molar-refractivity contribution is 7.20. The maximum Gasteiger partial charge on any atom is 0.338 e. The van der Waals surface area contributed by atoms with Crippen LogP contribution in [0, 0.1) is 0 Å². The molecule has 0 N–H and O–H groups in total. The highest BCUT2D eigenvalue weighted by atomic mass is 35.5. The summed E-state index contributed by atoms with van der Waals surface area (Å²) in [5.74, 6) is 0.246. The first-order chi connectivity index (χ1) is 16.6. The van der Waals surface area contributed by atoms with Crippen LogP contribution in [0.25, 0.3) is 20.4 Å². The molecule has 0 saturated carbocycles. The number of esters is 1. The topological polar surface area (TPSA) is 70.5 Å². The molecule has 0 aliphatic rings. The molecule has 10 heteroatoms. The molecule has 0 radical (unpaired) electrons. The van der Waals surface area contributed by atoms with Gasteiger partial charge in [-0.3, -0.25) is 0 Å². The Morgan fingerprint density at radius 3 is 1.71 bits per heavy atom. The van der Waals surface area contributed by atoms with E-state index in [1.165, 1.54) is 22.7 Å². The number of thiazole rings is 2. The van der Waals surface area contributed by atoms with Gasteiger partial charge in [0.2, 0.25) is 0 Å². The van der Waals surface area contributed by atoms with Crippen molar-refractivity contribution >= 4 is 72.3 Å². The van der Waals surface area contributed by atoms with Crippen LogP contribution in [0.1, 0.15) is 31.1 Å². The first-order valence-corrected chi connectivity index (χ1v) is 12.9. The molecular weight excluding hydrogens is 527 g/mol. The van der Waals surface area contributed by atoms with Gasteiger partial charge in [0.15, 0.2) is 0 Å². The molecule has 3 aromatic carbocycles. The summed E-state index contributed by atoms with van der Waals surface area (Å²) in [7, 11) is 0. The fourth-order valence-corrected chi connectivity index (χ4v) is 5.16. The van der Waals surface area contributed by atoms with Gasteiger partial charge in [-0.15, -0.1) is 0 Å². The number of carbonyl (C=O) groups excluding carboxylic acids is 1. The highest BCUT2D eigenvalue weighted by Crippen LogP contribution is 2.37. The third kappa shape index (κ3) is 5.67. The molecule has 0 amide bonds. The van der Waals surface area contributed by atoms with Crippen LogP contribution in [0.15, 0.2) is 54.6 Å². The van der Waals surface area contributed by atoms with Crippen molar-refractivity contribution in [2.75, 3.05) is 0 Å². The van der Waals surface area contributed by atoms with Gasteiger partial charge in [0, 0.05) is 16.1 Å². The summed E-state index contributed by atoms with van der Waals surface area (Å²) in [6, 6.07) is 15.8. The van der Waals surface area contributed by atoms with Crippen molar-refractivity contribution in [2.45, 2.75) is 26.4 Å². The molecule has 2 aromatic heterocycles. The van der Waals surface area contributed by atoms with Crippen LogP contribution < -0.4 is 9.47 Å². The van der Waals surface area contributed by atoms with Crippen LogP contribution in [0.3, 0.4) is 0 Å². The molecule has 35 heavy (non-hydrogen) atoms. The molecule has 5 rings (SSSR count). The number of nitrogens with zero attached hydrogens (tertiary/aromatic N) is 2. The maximum absolute atomic E-state index is 12.8. The lowest BCUT2D eigenvalue weighted by Crippen LogP contribution is -2.23. The van der Waals surface area contributed by atoms with Crippen LogP contribution in [-0.2, 0) is 4.74 Å². The van der Waals surface area contributed by atoms with Crippen LogP contribution in [0.2, 0.25) is 10.0 Å². The zero-order valence-electron chi connectivity index (χ0n) is 18.8. The van der Waals surface area contributed by atoms with E-state index < -0.39 is 11.6 Å². The second-order valence-corrected chi connectivity index (χ2v) is 11.4. The summed E-state index contributed by atoms with van der Waals surface area (Å²) < 4.78 is 19.4. The molecule has 0 aliphatic carbocycles. The Kier molecular flexibility index (Phi) is 6.31. The number of hydrogen-bond acceptors (Lipinski definition) is 8. The van der Waals surface area contributed by atoms with Crippen molar-refractivity contribution < 1.29 is 19.0 Å². The van der Waals surface area contributed by atoms with E-state index in [9.17, 15) is 4.79 Å². The van der Waals surface area contributed by atoms with E-state index in [0.29, 0.717) is 31.9 Å². The quantitative estimate of drug-likeness (QED) is 0.206. The van der Waals surface area contributed by atoms with Gasteiger partial charge in [-0.25, -0.2) is 14.8 Å². The fraction of sp³-hybridized carbons (Fsp3) is 0.160. The van der Waals surface area contributed by atoms with Crippen molar-refractivity contribution in [1.29, 1.82) is 0 Å². The predicted octanol–water partition coefficient (Wildman–Crippen LogP) is 8.75. The normalized spacial score (nSPS) is 11.7. The number of benzene rings is 3. The number of carbonyl (C=O) groups is 1. The minimum Gasteiger partial charge on any atom is -0.456 e. The SMILES string of the molecule is CC(C)(C)OC(=O)c1cc(Oc2nc3cc(Cl)ccc3s2)cc(Oc2nc3cc(Cl)ccc3s2)c1. The van der Waals surface area contributed by atoms with Gasteiger partial charge in [-0.05, 0) is 69.3 Å². The zero-order valence-corrected chi connectivity index (χ0v) is 21.9. The van der Waals surface area contributed by atoms with E-state index in [1.807, 2.05) is 12.1 Å². The first kappa shape index (κ1) is 23.8. The number of aromatic nitrogens is 2. The number of fused-ring (bicyclic) bond motifs is 2. The maximum atomic E-state index is 12.8. The van der Waals surface area contributed by atoms with Gasteiger partial charge in [0.25, 0.3) is 10.4 Å². The highest BCUT2D eigenvalue weighted by Gasteiger charge is 2.20. The molecule has 6 nitrogen and oxygen atoms in total. The summed E-state index contributed by atoms with van der Waals surface area (Å²) >= 11 is 14.9. The van der Waals surface area contributed by atoms with Crippen LogP contribution in [0.4, 0.5) is 0 Å². The van der Waals surface area contributed by atoms with Crippen LogP contribution >= 0.6 is 45.9 Å². The van der Waals surface area contributed by atoms with E-state index in [4.69, 9.17) is 37.4 Å². The van der Waals surface area contributed by atoms with E-state index in [0.717, 1.165) is 20.4 Å². The molecule has 0 fully saturated rings. The van der Waals surface area contributed by atoms with Gasteiger partial charge in [0.1, 0.15) is 17.1 Å². The number of halogens is 2. The Hall–Kier alpha value is -2.91. The summed E-state index contributed by atoms with van der Waals surface area (Å²) in [5, 5.41) is 2.00. The van der Waals surface area contributed by atoms with E-state index in [2.05, 4.69) is 9.97 Å². The molecule has 0 bridgehead atoms. The Morgan fingerprint density at radius 1 is 0.771 bits per heavy atom. The molecular formula is C25H18Cl2N2O4S2. The molecule has 178 valence electrons. The van der Waals surface area contributed by atoms with Crippen LogP contribution in [0.5, 0.6) is 21.9 Å². The molecule has 0 aliphatic heterocycles. The molecule has 0 unspecified atom stereocenters. The Balaban J connectivity index is 1.49. The monoisotopic (exact) mass is 544 g/mol. The molecule has 0 saturated heterocycles. The lowest BCUT2D eigenvalue weighted by molar-refractivity contribution is 0.00688. The van der Waals surface area contributed by atoms with Crippen molar-refractivity contribution in [2.24, 2.45) is 0 Å². The molecule has 2 heterocycles. The van der Waals surface area contributed by atoms with Crippen molar-refractivity contribution in [3.63, 3.8) is 0 Å². The van der Waals surface area contributed by atoms with E-state index in [-0.39, 0.29) is 5.56 Å². The minimum absolute atomic E-state index is 0.278. The zero-order chi connectivity index (χ0) is 24.7. The second kappa shape index (κ2) is 9.28. The third-order valence-electron chi connectivity index (χ3n) is 4.58. The number of rotatable bonds is 5. The predicted molar refractivity (Wildman–Crippen MR) is 141 cm³/mol. The lowest BCUT2D eigenvalue weighted by Gasteiger charge is -2.20. The van der Waals surface area contributed by atoms with Gasteiger partial charge in [-0.1, -0.05) is 45.9 Å². The molecule has 0 atom stereocenters. The summed E-state index contributed by atoms with van der Waals surface area (Å²) in [4.78, 5) is 21.8. The standard InChI is InChI=1S/C25H18Cl2N2O4S2/c1-25(2,3)33-22(30)13-8-16(31-23-28-18-10-14(26)4-6-20(18)34-23)12-17(9-13)32-24-29-19-11-15(27)5-7-21(19)35-24/h4-12H,1-3H3. The summed E-state index contributed by atoms with van der Waals surface area (Å²) in [6.07, 6.45) is 0. The average molecular weight is 545 g/mol. The van der Waals surface area contributed by atoms with Crippen molar-refractivity contribution in [3.05, 3.63) is 70.2 Å². The molecule has 0 spiro atoms. The van der Waals surface area contributed by atoms with E-state index in [1.54, 1.807) is 63.2 Å². The Bertz CT molecular complexity index is 1470. The second-order valence-electron chi connectivity index (χ2n) is 8.58. The summed E-state index contributed by atoms with van der Waals surface area (Å²) in [5.41, 5.74) is 1.07. The Morgan fingerprint density at radius 2 is 1.26 bits per heavy atom. The van der Waals surface area contributed by atoms with Crippen molar-refractivity contribution in [3.8, 4) is 21.9 Å². The Labute approximate surface area is 219 Å². The van der Waals surface area contributed by atoms with Gasteiger partial charge < -0.3 is 14.2 Å². The first-order valence-electron chi connectivity index (χ1n) is 10.5. The number of hydrogen-bond donors (Lipinski definition) is 0. The molecule has 5 aromatic rings. The van der Waals surface area contributed by atoms with Gasteiger partial charge >= 0.3 is 5.97 Å². The third-order valence-corrected chi connectivity index (χ3v) is 6.88. The van der Waals surface area contributed by atoms with E-state index >= 15 is 0 Å². The van der Waals surface area contributed by atoms with Crippen LogP contribution in [-0.4, -0.2) is 21.5 Å². The summed E-state index contributed by atoms with van der Waals surface area (Å²) in [6.45, 7) is 5.42. The van der Waals surface area contributed by atoms with Gasteiger partial charge in [-0.2, -0.15) is 0 Å². The van der Waals surface area contributed by atoms with Gasteiger partial charge in [0.05, 0.1) is 26.0 Å². The average Bonchev–Trinajstić information content (AvgIpc) is 3.34. The lowest BCUT2D eigenvalue weighted by atomic mass is 10.1. The number of ether oxygens (including phenoxy) is 3. The fourth-order valence-electron chi connectivity index (χ4n) is 3.19. The smallest absolute Gasteiger partial charge is 0.338 e. The minimum atomic E-state index is -0.659.